The Morgan fingerprint density at radius 1 is 1.44 bits per heavy atom. The van der Waals surface area contributed by atoms with Crippen molar-refractivity contribution in [2.45, 2.75) is 58.1 Å². The molecule has 1 aliphatic heterocycles. The molecule has 0 aromatic heterocycles. The number of ether oxygens (including phenoxy) is 1. The minimum atomic E-state index is -0.417. The van der Waals surface area contributed by atoms with Crippen molar-refractivity contribution in [1.29, 1.82) is 0 Å². The van der Waals surface area contributed by atoms with Crippen LogP contribution in [0.3, 0.4) is 0 Å². The van der Waals surface area contributed by atoms with Gasteiger partial charge in [0, 0.05) is 18.5 Å². The van der Waals surface area contributed by atoms with Crippen LogP contribution in [0, 0.1) is 0 Å². The lowest BCUT2D eigenvalue weighted by Gasteiger charge is -2.36. The van der Waals surface area contributed by atoms with Crippen molar-refractivity contribution in [3.63, 3.8) is 0 Å². The van der Waals surface area contributed by atoms with E-state index in [1.54, 1.807) is 0 Å². The molecule has 1 aliphatic rings. The smallest absolute Gasteiger partial charge is 0.410 e. The molecule has 1 atom stereocenters. The zero-order valence-corrected chi connectivity index (χ0v) is 11.2. The summed E-state index contributed by atoms with van der Waals surface area (Å²) in [5, 5.41) is 0. The van der Waals surface area contributed by atoms with Crippen LogP contribution in [0.2, 0.25) is 0 Å². The molecule has 0 radical (unpaired) electrons. The summed E-state index contributed by atoms with van der Waals surface area (Å²) in [7, 11) is 0. The SMILES string of the molecule is CC(C)(C)OC(=O)N1CCCC[C@H]1CCCl. The third kappa shape index (κ3) is 4.20. The van der Waals surface area contributed by atoms with Crippen molar-refractivity contribution in [2.24, 2.45) is 0 Å². The maximum atomic E-state index is 12.0. The highest BCUT2D eigenvalue weighted by molar-refractivity contribution is 6.17. The first kappa shape index (κ1) is 13.6. The van der Waals surface area contributed by atoms with Gasteiger partial charge in [0.2, 0.25) is 0 Å². The van der Waals surface area contributed by atoms with Crippen LogP contribution in [0.1, 0.15) is 46.5 Å². The highest BCUT2D eigenvalue weighted by Crippen LogP contribution is 2.22. The highest BCUT2D eigenvalue weighted by Gasteiger charge is 2.29. The molecule has 16 heavy (non-hydrogen) atoms. The number of rotatable bonds is 2. The van der Waals surface area contributed by atoms with Crippen LogP contribution >= 0.6 is 11.6 Å². The quantitative estimate of drug-likeness (QED) is 0.700. The predicted octanol–water partition coefficient (Wildman–Crippen LogP) is 3.40. The van der Waals surface area contributed by atoms with E-state index >= 15 is 0 Å². The van der Waals surface area contributed by atoms with Crippen LogP contribution in [0.5, 0.6) is 0 Å². The van der Waals surface area contributed by atoms with E-state index in [4.69, 9.17) is 16.3 Å². The third-order valence-electron chi connectivity index (χ3n) is 2.70. The van der Waals surface area contributed by atoms with Gasteiger partial charge in [-0.05, 0) is 46.5 Å². The Bertz CT molecular complexity index is 236. The Morgan fingerprint density at radius 3 is 2.69 bits per heavy atom. The third-order valence-corrected chi connectivity index (χ3v) is 2.92. The zero-order chi connectivity index (χ0) is 12.2. The van der Waals surface area contributed by atoms with Crippen LogP contribution in [0.25, 0.3) is 0 Å². The summed E-state index contributed by atoms with van der Waals surface area (Å²) in [4.78, 5) is 13.8. The first-order valence-corrected chi connectivity index (χ1v) is 6.53. The van der Waals surface area contributed by atoms with Crippen molar-refractivity contribution in [1.82, 2.24) is 4.90 Å². The number of carbonyl (C=O) groups is 1. The second-order valence-electron chi connectivity index (χ2n) is 5.30. The van der Waals surface area contributed by atoms with E-state index in [1.807, 2.05) is 25.7 Å². The molecule has 0 bridgehead atoms. The van der Waals surface area contributed by atoms with Gasteiger partial charge < -0.3 is 9.64 Å². The van der Waals surface area contributed by atoms with Crippen molar-refractivity contribution in [3.8, 4) is 0 Å². The monoisotopic (exact) mass is 247 g/mol. The van der Waals surface area contributed by atoms with Gasteiger partial charge in [-0.25, -0.2) is 4.79 Å². The highest BCUT2D eigenvalue weighted by atomic mass is 35.5. The Kier molecular flexibility index (Phi) is 4.90. The van der Waals surface area contributed by atoms with Gasteiger partial charge in [-0.3, -0.25) is 0 Å². The summed E-state index contributed by atoms with van der Waals surface area (Å²) in [6.45, 7) is 6.48. The van der Waals surface area contributed by atoms with E-state index in [9.17, 15) is 4.79 Å². The number of hydrogen-bond donors (Lipinski definition) is 0. The van der Waals surface area contributed by atoms with Crippen LogP contribution in [-0.4, -0.2) is 35.1 Å². The fourth-order valence-corrected chi connectivity index (χ4v) is 2.24. The van der Waals surface area contributed by atoms with E-state index in [-0.39, 0.29) is 12.1 Å². The number of carbonyl (C=O) groups excluding carboxylic acids is 1. The molecule has 1 rings (SSSR count). The molecular weight excluding hydrogens is 226 g/mol. The zero-order valence-electron chi connectivity index (χ0n) is 10.5. The molecule has 0 unspecified atom stereocenters. The largest absolute Gasteiger partial charge is 0.444 e. The van der Waals surface area contributed by atoms with E-state index in [2.05, 4.69) is 0 Å². The van der Waals surface area contributed by atoms with Gasteiger partial charge in [0.05, 0.1) is 0 Å². The molecule has 94 valence electrons. The standard InChI is InChI=1S/C12H22ClNO2/c1-12(2,3)16-11(15)14-9-5-4-6-10(14)7-8-13/h10H,4-9H2,1-3H3/t10-/m0/s1. The molecule has 0 aromatic carbocycles. The Morgan fingerprint density at radius 2 is 2.12 bits per heavy atom. The number of halogens is 1. The first-order valence-electron chi connectivity index (χ1n) is 5.99. The second-order valence-corrected chi connectivity index (χ2v) is 5.68. The van der Waals surface area contributed by atoms with Gasteiger partial charge in [0.25, 0.3) is 0 Å². The summed E-state index contributed by atoms with van der Waals surface area (Å²) in [6, 6.07) is 0.265. The van der Waals surface area contributed by atoms with Crippen LogP contribution < -0.4 is 0 Å². The average Bonchev–Trinajstić information content (AvgIpc) is 2.16. The molecule has 4 heteroatoms. The van der Waals surface area contributed by atoms with Crippen molar-refractivity contribution < 1.29 is 9.53 Å². The normalized spacial score (nSPS) is 22.0. The van der Waals surface area contributed by atoms with Crippen molar-refractivity contribution in [2.75, 3.05) is 12.4 Å². The van der Waals surface area contributed by atoms with Crippen molar-refractivity contribution in [3.05, 3.63) is 0 Å². The minimum Gasteiger partial charge on any atom is -0.444 e. The molecule has 1 amide bonds. The maximum Gasteiger partial charge on any atom is 0.410 e. The Hall–Kier alpha value is -0.440. The molecule has 1 heterocycles. The molecule has 0 spiro atoms. The van der Waals surface area contributed by atoms with Crippen molar-refractivity contribution >= 4 is 17.7 Å². The number of alkyl halides is 1. The Labute approximate surface area is 103 Å². The lowest BCUT2D eigenvalue weighted by molar-refractivity contribution is 0.00955. The summed E-state index contributed by atoms with van der Waals surface area (Å²) >= 11 is 5.76. The topological polar surface area (TPSA) is 29.5 Å². The number of piperidine rings is 1. The molecule has 0 N–H and O–H groups in total. The predicted molar refractivity (Wildman–Crippen MR) is 65.9 cm³/mol. The molecule has 1 saturated heterocycles. The summed E-state index contributed by atoms with van der Waals surface area (Å²) in [5.74, 6) is 0.601. The van der Waals surface area contributed by atoms with E-state index in [1.165, 1.54) is 6.42 Å². The van der Waals surface area contributed by atoms with Crippen LogP contribution in [0.15, 0.2) is 0 Å². The molecule has 0 saturated carbocycles. The van der Waals surface area contributed by atoms with Crippen LogP contribution in [-0.2, 0) is 4.74 Å². The number of hydrogen-bond acceptors (Lipinski definition) is 2. The van der Waals surface area contributed by atoms with Gasteiger partial charge in [0.15, 0.2) is 0 Å². The van der Waals surface area contributed by atoms with Gasteiger partial charge in [-0.15, -0.1) is 11.6 Å². The Balaban J connectivity index is 2.57. The maximum absolute atomic E-state index is 12.0. The molecular formula is C12H22ClNO2. The first-order chi connectivity index (χ1) is 7.44. The number of amides is 1. The number of likely N-dealkylation sites (tertiary alicyclic amines) is 1. The van der Waals surface area contributed by atoms with Gasteiger partial charge >= 0.3 is 6.09 Å². The molecule has 0 aromatic rings. The molecule has 1 fully saturated rings. The molecule has 3 nitrogen and oxygen atoms in total. The lowest BCUT2D eigenvalue weighted by atomic mass is 10.0. The van der Waals surface area contributed by atoms with Gasteiger partial charge in [0.1, 0.15) is 5.60 Å². The lowest BCUT2D eigenvalue weighted by Crippen LogP contribution is -2.46. The van der Waals surface area contributed by atoms with Gasteiger partial charge in [-0.2, -0.15) is 0 Å². The summed E-state index contributed by atoms with van der Waals surface area (Å²) < 4.78 is 5.40. The fourth-order valence-electron chi connectivity index (χ4n) is 1.99. The summed E-state index contributed by atoms with van der Waals surface area (Å²) in [5.41, 5.74) is -0.417. The average molecular weight is 248 g/mol. The fraction of sp³-hybridized carbons (Fsp3) is 0.917. The van der Waals surface area contributed by atoms with Crippen LogP contribution in [0.4, 0.5) is 4.79 Å². The molecule has 0 aliphatic carbocycles. The second kappa shape index (κ2) is 5.76. The number of nitrogens with zero attached hydrogens (tertiary/aromatic N) is 1. The minimum absolute atomic E-state index is 0.192. The van der Waals surface area contributed by atoms with Gasteiger partial charge in [-0.1, -0.05) is 0 Å². The van der Waals surface area contributed by atoms with E-state index in [0.717, 1.165) is 25.8 Å². The van der Waals surface area contributed by atoms with E-state index < -0.39 is 5.60 Å². The summed E-state index contributed by atoms with van der Waals surface area (Å²) in [6.07, 6.45) is 3.97. The van der Waals surface area contributed by atoms with E-state index in [0.29, 0.717) is 5.88 Å².